The SMILES string of the molecule is C=C1N(Cc2nc3ccc(Cl)cc3n2NNC(=O)F)c2cnccc2C1(C)C.CC. The molecule has 0 saturated carbocycles. The summed E-state index contributed by atoms with van der Waals surface area (Å²) in [4.78, 5) is 21.6. The van der Waals surface area contributed by atoms with E-state index in [1.165, 1.54) is 4.68 Å². The van der Waals surface area contributed by atoms with Gasteiger partial charge < -0.3 is 4.90 Å². The number of benzene rings is 1. The summed E-state index contributed by atoms with van der Waals surface area (Å²) in [6, 6.07) is 7.14. The van der Waals surface area contributed by atoms with Crippen LogP contribution in [0.25, 0.3) is 11.0 Å². The molecule has 30 heavy (non-hydrogen) atoms. The Balaban J connectivity index is 0.00000124. The van der Waals surface area contributed by atoms with Crippen molar-refractivity contribution in [2.75, 3.05) is 10.4 Å². The minimum absolute atomic E-state index is 0.265. The molecule has 0 fully saturated rings. The molecule has 158 valence electrons. The molecule has 3 aromatic rings. The van der Waals surface area contributed by atoms with Crippen molar-refractivity contribution in [3.63, 3.8) is 0 Å². The van der Waals surface area contributed by atoms with Gasteiger partial charge in [-0.25, -0.2) is 25.4 Å². The monoisotopic (exact) mass is 430 g/mol. The lowest BCUT2D eigenvalue weighted by Crippen LogP contribution is -2.35. The Morgan fingerprint density at radius 1 is 1.30 bits per heavy atom. The van der Waals surface area contributed by atoms with E-state index in [2.05, 4.69) is 35.9 Å². The summed E-state index contributed by atoms with van der Waals surface area (Å²) in [7, 11) is 0. The van der Waals surface area contributed by atoms with E-state index in [0.29, 0.717) is 28.4 Å². The first-order chi connectivity index (χ1) is 14.3. The molecule has 1 amide bonds. The zero-order valence-electron chi connectivity index (χ0n) is 17.3. The number of hydrogen-bond acceptors (Lipinski definition) is 5. The predicted octanol–water partition coefficient (Wildman–Crippen LogP) is 5.06. The van der Waals surface area contributed by atoms with Gasteiger partial charge in [0.05, 0.1) is 29.5 Å². The highest BCUT2D eigenvalue weighted by Gasteiger charge is 2.39. The number of fused-ring (bicyclic) bond motifs is 2. The van der Waals surface area contributed by atoms with Crippen molar-refractivity contribution in [3.8, 4) is 0 Å². The van der Waals surface area contributed by atoms with Crippen LogP contribution in [0.5, 0.6) is 0 Å². The highest BCUT2D eigenvalue weighted by molar-refractivity contribution is 6.31. The van der Waals surface area contributed by atoms with Crippen molar-refractivity contribution in [1.82, 2.24) is 20.1 Å². The molecule has 1 aliphatic rings. The van der Waals surface area contributed by atoms with Crippen molar-refractivity contribution >= 4 is 34.5 Å². The molecule has 7 nitrogen and oxygen atoms in total. The van der Waals surface area contributed by atoms with Crippen LogP contribution >= 0.6 is 11.6 Å². The third-order valence-corrected chi connectivity index (χ3v) is 5.30. The fourth-order valence-corrected chi connectivity index (χ4v) is 3.69. The van der Waals surface area contributed by atoms with Gasteiger partial charge in [-0.15, -0.1) is 4.39 Å². The minimum atomic E-state index is -1.71. The zero-order valence-corrected chi connectivity index (χ0v) is 18.1. The lowest BCUT2D eigenvalue weighted by atomic mass is 9.85. The number of hydrogen-bond donors (Lipinski definition) is 2. The number of rotatable bonds is 4. The van der Waals surface area contributed by atoms with Crippen molar-refractivity contribution in [2.24, 2.45) is 0 Å². The Bertz CT molecular complexity index is 1110. The predicted molar refractivity (Wildman–Crippen MR) is 118 cm³/mol. The first kappa shape index (κ1) is 21.6. The summed E-state index contributed by atoms with van der Waals surface area (Å²) < 4.78 is 14.3. The third kappa shape index (κ3) is 3.70. The standard InChI is InChI=1S/C19H18ClFN6O.C2H6/c1-11-19(2,3)13-6-7-22-9-16(13)26(11)10-17-23-14-5-4-12(20)8-15(14)27(17)25-24-18(21)28;1-2/h4-9,25H,1,10H2,2-3H3,(H,24,28);1-2H3. The van der Waals surface area contributed by atoms with Gasteiger partial charge in [0.25, 0.3) is 0 Å². The summed E-state index contributed by atoms with van der Waals surface area (Å²) in [6.07, 6.45) is 1.83. The molecule has 0 aliphatic carbocycles. The van der Waals surface area contributed by atoms with Crippen LogP contribution in [0.1, 0.15) is 39.1 Å². The second-order valence-electron chi connectivity index (χ2n) is 7.06. The van der Waals surface area contributed by atoms with Gasteiger partial charge in [-0.3, -0.25) is 4.98 Å². The van der Waals surface area contributed by atoms with Gasteiger partial charge in [0.2, 0.25) is 0 Å². The largest absolute Gasteiger partial charge is 0.417 e. The van der Waals surface area contributed by atoms with Gasteiger partial charge in [-0.1, -0.05) is 45.9 Å². The molecule has 0 unspecified atom stereocenters. The van der Waals surface area contributed by atoms with Crippen LogP contribution in [-0.2, 0) is 12.0 Å². The summed E-state index contributed by atoms with van der Waals surface area (Å²) in [6.45, 7) is 12.8. The molecule has 9 heteroatoms. The maximum Gasteiger partial charge on any atom is 0.417 e. The number of imidazole rings is 1. The Hall–Kier alpha value is -3.13. The van der Waals surface area contributed by atoms with Gasteiger partial charge in [-0.05, 0) is 29.8 Å². The molecule has 1 aliphatic heterocycles. The quantitative estimate of drug-likeness (QED) is 0.344. The van der Waals surface area contributed by atoms with Crippen LogP contribution in [0.15, 0.2) is 48.9 Å². The van der Waals surface area contributed by atoms with Gasteiger partial charge in [0.15, 0.2) is 0 Å². The number of amides is 1. The first-order valence-electron chi connectivity index (χ1n) is 9.59. The highest BCUT2D eigenvalue weighted by Crippen LogP contribution is 2.46. The molecule has 0 saturated heterocycles. The smallest absolute Gasteiger partial charge is 0.336 e. The van der Waals surface area contributed by atoms with E-state index in [1.807, 2.05) is 30.2 Å². The van der Waals surface area contributed by atoms with E-state index in [1.54, 1.807) is 30.6 Å². The molecule has 0 atom stereocenters. The number of nitrogens with one attached hydrogen (secondary N) is 2. The van der Waals surface area contributed by atoms with E-state index in [4.69, 9.17) is 11.6 Å². The van der Waals surface area contributed by atoms with Crippen molar-refractivity contribution in [2.45, 2.75) is 39.7 Å². The molecule has 1 aromatic carbocycles. The van der Waals surface area contributed by atoms with Gasteiger partial charge in [0, 0.05) is 22.3 Å². The second kappa shape index (κ2) is 8.31. The molecular weight excluding hydrogens is 407 g/mol. The number of aromatic nitrogens is 3. The van der Waals surface area contributed by atoms with E-state index in [0.717, 1.165) is 16.9 Å². The number of pyridine rings is 1. The number of nitrogens with zero attached hydrogens (tertiary/aromatic N) is 4. The summed E-state index contributed by atoms with van der Waals surface area (Å²) in [5.41, 5.74) is 8.41. The lowest BCUT2D eigenvalue weighted by Gasteiger charge is -2.25. The number of anilines is 1. The van der Waals surface area contributed by atoms with Crippen LogP contribution in [0.2, 0.25) is 5.02 Å². The lowest BCUT2D eigenvalue weighted by molar-refractivity contribution is 0.222. The molecule has 4 rings (SSSR count). The van der Waals surface area contributed by atoms with Gasteiger partial charge in [-0.2, -0.15) is 0 Å². The van der Waals surface area contributed by atoms with Gasteiger partial charge >= 0.3 is 6.16 Å². The Morgan fingerprint density at radius 3 is 2.73 bits per heavy atom. The van der Waals surface area contributed by atoms with Crippen LogP contribution < -0.4 is 15.9 Å². The fraction of sp³-hybridized carbons (Fsp3) is 0.286. The Labute approximate surface area is 179 Å². The number of allylic oxidation sites excluding steroid dienone is 1. The van der Waals surface area contributed by atoms with Crippen LogP contribution in [-0.4, -0.2) is 20.8 Å². The average Bonchev–Trinajstić information content (AvgIpc) is 3.16. The van der Waals surface area contributed by atoms with Crippen molar-refractivity contribution in [3.05, 3.63) is 65.3 Å². The first-order valence-corrected chi connectivity index (χ1v) is 9.96. The highest BCUT2D eigenvalue weighted by atomic mass is 35.5. The van der Waals surface area contributed by atoms with Crippen molar-refractivity contribution in [1.29, 1.82) is 0 Å². The van der Waals surface area contributed by atoms with E-state index in [9.17, 15) is 9.18 Å². The number of halogens is 2. The molecule has 2 N–H and O–H groups in total. The third-order valence-electron chi connectivity index (χ3n) is 5.06. The summed E-state index contributed by atoms with van der Waals surface area (Å²) in [5.74, 6) is 0.541. The van der Waals surface area contributed by atoms with Crippen LogP contribution in [0.4, 0.5) is 14.9 Å². The maximum atomic E-state index is 12.8. The Kier molecular flexibility index (Phi) is 5.98. The van der Waals surface area contributed by atoms with Crippen LogP contribution in [0, 0.1) is 0 Å². The van der Waals surface area contributed by atoms with E-state index < -0.39 is 6.16 Å². The summed E-state index contributed by atoms with van der Waals surface area (Å²) >= 11 is 6.10. The molecule has 0 bridgehead atoms. The number of carbonyl (C=O) groups excluding carboxylic acids is 1. The molecule has 0 spiro atoms. The van der Waals surface area contributed by atoms with Gasteiger partial charge in [0.1, 0.15) is 5.82 Å². The number of hydrazine groups is 1. The average molecular weight is 431 g/mol. The second-order valence-corrected chi connectivity index (χ2v) is 7.49. The van der Waals surface area contributed by atoms with E-state index in [-0.39, 0.29) is 5.41 Å². The normalized spacial score (nSPS) is 14.2. The maximum absolute atomic E-state index is 12.8. The minimum Gasteiger partial charge on any atom is -0.336 e. The van der Waals surface area contributed by atoms with Crippen molar-refractivity contribution < 1.29 is 9.18 Å². The molecule has 2 aromatic heterocycles. The Morgan fingerprint density at radius 2 is 2.03 bits per heavy atom. The summed E-state index contributed by atoms with van der Waals surface area (Å²) in [5, 5.41) is 0.495. The molecular formula is C21H24ClFN6O. The zero-order chi connectivity index (χ0) is 22.1. The number of carbonyl (C=O) groups is 1. The van der Waals surface area contributed by atoms with E-state index >= 15 is 0 Å². The topological polar surface area (TPSA) is 75.1 Å². The van der Waals surface area contributed by atoms with Crippen LogP contribution in [0.3, 0.4) is 0 Å². The molecule has 3 heterocycles. The fourth-order valence-electron chi connectivity index (χ4n) is 3.52. The molecule has 0 radical (unpaired) electrons.